The molecule has 2 heterocycles. The van der Waals surface area contributed by atoms with Crippen molar-refractivity contribution in [1.82, 2.24) is 20.0 Å². The molecule has 0 saturated carbocycles. The van der Waals surface area contributed by atoms with Crippen LogP contribution in [0.1, 0.15) is 27.5 Å². The largest absolute Gasteiger partial charge is 0.497 e. The van der Waals surface area contributed by atoms with Crippen molar-refractivity contribution in [2.75, 3.05) is 25.3 Å². The van der Waals surface area contributed by atoms with Gasteiger partial charge in [0, 0.05) is 16.8 Å². The maximum atomic E-state index is 12.7. The van der Waals surface area contributed by atoms with Crippen LogP contribution in [-0.2, 0) is 6.54 Å². The number of aryl methyl sites for hydroxylation is 2. The van der Waals surface area contributed by atoms with Gasteiger partial charge in [0.05, 0.1) is 26.3 Å². The number of oxazole rings is 1. The predicted octanol–water partition coefficient (Wildman–Crippen LogP) is 4.10. The fourth-order valence-electron chi connectivity index (χ4n) is 3.32. The van der Waals surface area contributed by atoms with Crippen LogP contribution in [0.3, 0.4) is 0 Å². The van der Waals surface area contributed by atoms with Gasteiger partial charge >= 0.3 is 0 Å². The van der Waals surface area contributed by atoms with Crippen LogP contribution in [0.5, 0.6) is 11.5 Å². The summed E-state index contributed by atoms with van der Waals surface area (Å²) in [5, 5.41) is 11.2. The molecule has 1 amide bonds. The topological polar surface area (TPSA) is 130 Å². The lowest BCUT2D eigenvalue weighted by Gasteiger charge is -2.08. The van der Waals surface area contributed by atoms with E-state index in [2.05, 4.69) is 20.6 Å². The number of ether oxygens (including phenoxy) is 2. The number of nitrogens with two attached hydrogens (primary N) is 1. The molecule has 0 spiro atoms. The molecule has 0 bridgehead atoms. The molecule has 0 aliphatic heterocycles. The first-order valence-corrected chi connectivity index (χ1v) is 10.6. The Labute approximate surface area is 200 Å². The highest BCUT2D eigenvalue weighted by molar-refractivity contribution is 6.31. The van der Waals surface area contributed by atoms with Gasteiger partial charge < -0.3 is 24.9 Å². The van der Waals surface area contributed by atoms with Crippen LogP contribution >= 0.6 is 11.6 Å². The van der Waals surface area contributed by atoms with Gasteiger partial charge in [0.15, 0.2) is 11.5 Å². The minimum atomic E-state index is -0.491. The van der Waals surface area contributed by atoms with E-state index < -0.39 is 5.91 Å². The van der Waals surface area contributed by atoms with Crippen molar-refractivity contribution in [1.29, 1.82) is 0 Å². The number of carbonyl (C=O) groups is 1. The second-order valence-electron chi connectivity index (χ2n) is 7.48. The molecule has 0 aliphatic carbocycles. The molecule has 0 radical (unpaired) electrons. The number of methoxy groups -OCH3 is 2. The minimum Gasteiger partial charge on any atom is -0.497 e. The summed E-state index contributed by atoms with van der Waals surface area (Å²) in [6.07, 6.45) is 0. The molecular formula is C23H23ClN6O4. The summed E-state index contributed by atoms with van der Waals surface area (Å²) >= 11 is 6.03. The molecule has 11 heteroatoms. The number of hydrogen-bond acceptors (Lipinski definition) is 8. The van der Waals surface area contributed by atoms with Crippen molar-refractivity contribution in [3.05, 3.63) is 64.1 Å². The summed E-state index contributed by atoms with van der Waals surface area (Å²) in [5.41, 5.74) is 8.85. The van der Waals surface area contributed by atoms with Crippen LogP contribution in [0.25, 0.3) is 11.5 Å². The summed E-state index contributed by atoms with van der Waals surface area (Å²) in [7, 11) is 3.14. The minimum absolute atomic E-state index is 0.00225. The van der Waals surface area contributed by atoms with Gasteiger partial charge in [-0.05, 0) is 43.7 Å². The van der Waals surface area contributed by atoms with Gasteiger partial charge in [-0.25, -0.2) is 9.67 Å². The number of halogens is 1. The van der Waals surface area contributed by atoms with E-state index in [9.17, 15) is 4.79 Å². The van der Waals surface area contributed by atoms with Gasteiger partial charge in [-0.1, -0.05) is 22.9 Å². The Morgan fingerprint density at radius 1 is 1.18 bits per heavy atom. The third-order valence-electron chi connectivity index (χ3n) is 5.27. The molecule has 0 fully saturated rings. The van der Waals surface area contributed by atoms with Crippen molar-refractivity contribution in [3.8, 4) is 23.0 Å². The Morgan fingerprint density at radius 2 is 1.97 bits per heavy atom. The Bertz CT molecular complexity index is 1360. The highest BCUT2D eigenvalue weighted by Gasteiger charge is 2.21. The number of nitrogens with one attached hydrogen (secondary N) is 1. The summed E-state index contributed by atoms with van der Waals surface area (Å²) < 4.78 is 17.9. The molecular weight excluding hydrogens is 460 g/mol. The zero-order valence-electron chi connectivity index (χ0n) is 19.0. The smallest absolute Gasteiger partial charge is 0.280 e. The zero-order valence-corrected chi connectivity index (χ0v) is 19.8. The molecule has 4 aromatic rings. The van der Waals surface area contributed by atoms with E-state index in [0.29, 0.717) is 45.1 Å². The molecule has 0 unspecified atom stereocenters. The van der Waals surface area contributed by atoms with E-state index >= 15 is 0 Å². The van der Waals surface area contributed by atoms with Crippen molar-refractivity contribution in [2.45, 2.75) is 20.4 Å². The van der Waals surface area contributed by atoms with Gasteiger partial charge in [-0.3, -0.25) is 4.79 Å². The summed E-state index contributed by atoms with van der Waals surface area (Å²) in [5.74, 6) is 1.77. The quantitative estimate of drug-likeness (QED) is 0.402. The lowest BCUT2D eigenvalue weighted by molar-refractivity contribution is 0.102. The average molecular weight is 483 g/mol. The predicted molar refractivity (Wildman–Crippen MR) is 127 cm³/mol. The van der Waals surface area contributed by atoms with Crippen LogP contribution in [-0.4, -0.2) is 40.1 Å². The molecule has 0 saturated heterocycles. The van der Waals surface area contributed by atoms with E-state index in [1.807, 2.05) is 6.92 Å². The van der Waals surface area contributed by atoms with Gasteiger partial charge in [0.1, 0.15) is 23.0 Å². The van der Waals surface area contributed by atoms with Crippen LogP contribution < -0.4 is 20.5 Å². The number of benzene rings is 2. The standard InChI is InChI=1S/C23H23ClN6O4/c1-12-5-6-14(24)9-17(12)26-22(31)20-21(25)30(29-28-20)11-18-13(2)34-23(27-18)16-8-7-15(32-3)10-19(16)33-4/h5-10H,11,25H2,1-4H3,(H,26,31). The number of carbonyl (C=O) groups excluding carboxylic acids is 1. The molecule has 34 heavy (non-hydrogen) atoms. The van der Waals surface area contributed by atoms with Crippen molar-refractivity contribution in [2.24, 2.45) is 0 Å². The molecule has 0 aliphatic rings. The molecule has 10 nitrogen and oxygen atoms in total. The fraction of sp³-hybridized carbons (Fsp3) is 0.217. The second-order valence-corrected chi connectivity index (χ2v) is 7.92. The van der Waals surface area contributed by atoms with E-state index in [1.54, 1.807) is 57.5 Å². The average Bonchev–Trinajstić information content (AvgIpc) is 3.38. The first-order chi connectivity index (χ1) is 16.3. The van der Waals surface area contributed by atoms with Gasteiger partial charge in [-0.15, -0.1) is 5.10 Å². The molecule has 2 aromatic heterocycles. The molecule has 176 valence electrons. The van der Waals surface area contributed by atoms with Crippen LogP contribution in [0.15, 0.2) is 40.8 Å². The van der Waals surface area contributed by atoms with Crippen molar-refractivity contribution in [3.63, 3.8) is 0 Å². The maximum absolute atomic E-state index is 12.7. The van der Waals surface area contributed by atoms with Gasteiger partial charge in [-0.2, -0.15) is 0 Å². The summed E-state index contributed by atoms with van der Waals surface area (Å²) in [4.78, 5) is 17.3. The van der Waals surface area contributed by atoms with E-state index in [0.717, 1.165) is 5.56 Å². The maximum Gasteiger partial charge on any atom is 0.280 e. The molecule has 3 N–H and O–H groups in total. The monoisotopic (exact) mass is 482 g/mol. The van der Waals surface area contributed by atoms with Gasteiger partial charge in [0.25, 0.3) is 5.91 Å². The Kier molecular flexibility index (Phi) is 6.42. The van der Waals surface area contributed by atoms with E-state index in [1.165, 1.54) is 4.68 Å². The Hall–Kier alpha value is -4.05. The second kappa shape index (κ2) is 9.44. The first-order valence-electron chi connectivity index (χ1n) is 10.3. The Morgan fingerprint density at radius 3 is 2.71 bits per heavy atom. The molecule has 4 rings (SSSR count). The highest BCUT2D eigenvalue weighted by Crippen LogP contribution is 2.34. The van der Waals surface area contributed by atoms with Crippen LogP contribution in [0.4, 0.5) is 11.5 Å². The summed E-state index contributed by atoms with van der Waals surface area (Å²) in [6.45, 7) is 3.80. The fourth-order valence-corrected chi connectivity index (χ4v) is 3.49. The van der Waals surface area contributed by atoms with E-state index in [4.69, 9.17) is 31.2 Å². The highest BCUT2D eigenvalue weighted by atomic mass is 35.5. The number of hydrogen-bond donors (Lipinski definition) is 2. The normalized spacial score (nSPS) is 10.9. The van der Waals surface area contributed by atoms with Crippen molar-refractivity contribution >= 4 is 29.0 Å². The van der Waals surface area contributed by atoms with Crippen LogP contribution in [0, 0.1) is 13.8 Å². The number of aromatic nitrogens is 4. The number of anilines is 2. The van der Waals surface area contributed by atoms with Crippen molar-refractivity contribution < 1.29 is 18.7 Å². The first kappa shape index (κ1) is 23.1. The molecule has 2 aromatic carbocycles. The number of rotatable bonds is 7. The number of nitrogen functional groups attached to an aromatic ring is 1. The SMILES string of the molecule is COc1ccc(-c2nc(Cn3nnc(C(=O)Nc4cc(Cl)ccc4C)c3N)c(C)o2)c(OC)c1. The van der Waals surface area contributed by atoms with E-state index in [-0.39, 0.29) is 18.1 Å². The lowest BCUT2D eigenvalue weighted by atomic mass is 10.2. The Balaban J connectivity index is 1.56. The third-order valence-corrected chi connectivity index (χ3v) is 5.50. The number of nitrogens with zero attached hydrogens (tertiary/aromatic N) is 4. The van der Waals surface area contributed by atoms with Gasteiger partial charge in [0.2, 0.25) is 5.89 Å². The van der Waals surface area contributed by atoms with Crippen LogP contribution in [0.2, 0.25) is 5.02 Å². The summed E-state index contributed by atoms with van der Waals surface area (Å²) in [6, 6.07) is 10.5. The third kappa shape index (κ3) is 4.53. The zero-order chi connectivity index (χ0) is 24.4. The number of amides is 1. The molecule has 0 atom stereocenters. The lowest BCUT2D eigenvalue weighted by Crippen LogP contribution is -2.16.